The van der Waals surface area contributed by atoms with E-state index in [4.69, 9.17) is 11.5 Å². The van der Waals surface area contributed by atoms with E-state index < -0.39 is 0 Å². The van der Waals surface area contributed by atoms with Crippen LogP contribution in [-0.4, -0.2) is 21.5 Å². The highest BCUT2D eigenvalue weighted by Gasteiger charge is 2.13. The lowest BCUT2D eigenvalue weighted by molar-refractivity contribution is 0.585. The fourth-order valence-electron chi connectivity index (χ4n) is 1.83. The highest BCUT2D eigenvalue weighted by molar-refractivity contribution is 7.99. The van der Waals surface area contributed by atoms with Gasteiger partial charge in [0.05, 0.1) is 0 Å². The summed E-state index contributed by atoms with van der Waals surface area (Å²) in [7, 11) is 0. The normalized spacial score (nSPS) is 12.3. The van der Waals surface area contributed by atoms with Crippen LogP contribution in [0.5, 0.6) is 0 Å². The second-order valence-corrected chi connectivity index (χ2v) is 5.24. The van der Waals surface area contributed by atoms with Gasteiger partial charge in [-0.25, -0.2) is 15.0 Å². The molecule has 0 aromatic carbocycles. The first-order chi connectivity index (χ1) is 9.60. The maximum absolute atomic E-state index is 5.68. The van der Waals surface area contributed by atoms with E-state index >= 15 is 0 Å². The van der Waals surface area contributed by atoms with Gasteiger partial charge in [0.15, 0.2) is 5.16 Å². The summed E-state index contributed by atoms with van der Waals surface area (Å²) in [5.74, 6) is 0.717. The van der Waals surface area contributed by atoms with Crippen molar-refractivity contribution in [2.75, 3.05) is 18.0 Å². The van der Waals surface area contributed by atoms with Gasteiger partial charge in [0.2, 0.25) is 0 Å². The van der Waals surface area contributed by atoms with Crippen LogP contribution < -0.4 is 16.8 Å². The Bertz CT molecular complexity index is 569. The highest BCUT2D eigenvalue weighted by Crippen LogP contribution is 2.30. The molecule has 1 atom stereocenters. The molecule has 2 aromatic rings. The summed E-state index contributed by atoms with van der Waals surface area (Å²) in [4.78, 5) is 12.7. The molecule has 0 aliphatic carbocycles. The van der Waals surface area contributed by atoms with E-state index in [-0.39, 0.29) is 6.04 Å². The minimum atomic E-state index is 0.203. The lowest BCUT2D eigenvalue weighted by atomic mass is 10.1. The molecule has 2 heterocycles. The van der Waals surface area contributed by atoms with Crippen LogP contribution in [-0.2, 0) is 0 Å². The third-order valence-electron chi connectivity index (χ3n) is 2.71. The van der Waals surface area contributed by atoms with E-state index in [9.17, 15) is 0 Å². The second kappa shape index (κ2) is 6.53. The Labute approximate surface area is 122 Å². The molecule has 0 radical (unpaired) electrons. The third-order valence-corrected chi connectivity index (χ3v) is 3.61. The smallest absolute Gasteiger partial charge is 0.197 e. The van der Waals surface area contributed by atoms with Gasteiger partial charge in [0.1, 0.15) is 16.7 Å². The minimum Gasteiger partial charge on any atom is -0.383 e. The van der Waals surface area contributed by atoms with Gasteiger partial charge in [-0.05, 0) is 31.3 Å². The van der Waals surface area contributed by atoms with Crippen molar-refractivity contribution in [1.29, 1.82) is 0 Å². The predicted octanol–water partition coefficient (Wildman–Crippen LogP) is 1.86. The van der Waals surface area contributed by atoms with Crippen LogP contribution >= 0.6 is 11.8 Å². The van der Waals surface area contributed by atoms with Crippen molar-refractivity contribution >= 4 is 23.4 Å². The Morgan fingerprint density at radius 1 is 1.30 bits per heavy atom. The summed E-state index contributed by atoms with van der Waals surface area (Å²) in [6.07, 6.45) is 1.75. The molecule has 0 saturated heterocycles. The number of nitrogens with one attached hydrogen (secondary N) is 1. The molecule has 0 aliphatic heterocycles. The third kappa shape index (κ3) is 3.58. The SMILES string of the molecule is CCNC(C)c1cccnc1Sc1nc(N)cc(N)n1. The Balaban J connectivity index is 2.29. The van der Waals surface area contributed by atoms with Gasteiger partial charge in [-0.1, -0.05) is 13.0 Å². The molecular formula is C13H18N6S. The van der Waals surface area contributed by atoms with Crippen LogP contribution in [0.2, 0.25) is 0 Å². The predicted molar refractivity (Wildman–Crippen MR) is 81.3 cm³/mol. The lowest BCUT2D eigenvalue weighted by Crippen LogP contribution is -2.18. The average molecular weight is 290 g/mol. The molecule has 0 aliphatic rings. The number of nitrogen functional groups attached to an aromatic ring is 2. The second-order valence-electron chi connectivity index (χ2n) is 4.28. The van der Waals surface area contributed by atoms with Crippen LogP contribution in [0.4, 0.5) is 11.6 Å². The molecule has 5 N–H and O–H groups in total. The van der Waals surface area contributed by atoms with Gasteiger partial charge >= 0.3 is 0 Å². The van der Waals surface area contributed by atoms with Gasteiger partial charge in [-0.15, -0.1) is 0 Å². The van der Waals surface area contributed by atoms with Crippen molar-refractivity contribution in [3.8, 4) is 0 Å². The summed E-state index contributed by atoms with van der Waals surface area (Å²) in [5, 5.41) is 4.73. The number of hydrogen-bond acceptors (Lipinski definition) is 7. The molecular weight excluding hydrogens is 272 g/mol. The van der Waals surface area contributed by atoms with Crippen molar-refractivity contribution in [2.24, 2.45) is 0 Å². The first-order valence-corrected chi connectivity index (χ1v) is 7.18. The number of anilines is 2. The topological polar surface area (TPSA) is 103 Å². The number of pyridine rings is 1. The Hall–Kier alpha value is -1.86. The number of hydrogen-bond donors (Lipinski definition) is 3. The average Bonchev–Trinajstić information content (AvgIpc) is 2.38. The molecule has 0 fully saturated rings. The van der Waals surface area contributed by atoms with Crippen LogP contribution in [0.1, 0.15) is 25.5 Å². The van der Waals surface area contributed by atoms with Crippen LogP contribution in [0.3, 0.4) is 0 Å². The van der Waals surface area contributed by atoms with Crippen molar-refractivity contribution in [3.63, 3.8) is 0 Å². The first kappa shape index (κ1) is 14.5. The van der Waals surface area contributed by atoms with Gasteiger partial charge in [0, 0.05) is 23.9 Å². The maximum Gasteiger partial charge on any atom is 0.197 e. The molecule has 0 bridgehead atoms. The Kier molecular flexibility index (Phi) is 4.75. The van der Waals surface area contributed by atoms with E-state index in [1.165, 1.54) is 17.8 Å². The van der Waals surface area contributed by atoms with Crippen molar-refractivity contribution in [3.05, 3.63) is 30.0 Å². The molecule has 2 aromatic heterocycles. The fourth-order valence-corrected chi connectivity index (χ4v) is 2.78. The number of nitrogens with zero attached hydrogens (tertiary/aromatic N) is 3. The summed E-state index contributed by atoms with van der Waals surface area (Å²) < 4.78 is 0. The number of nitrogens with two attached hydrogens (primary N) is 2. The molecule has 1 unspecified atom stereocenters. The van der Waals surface area contributed by atoms with Gasteiger partial charge in [0.25, 0.3) is 0 Å². The molecule has 0 saturated carbocycles. The minimum absolute atomic E-state index is 0.203. The standard InChI is InChI=1S/C13H18N6S/c1-3-16-8(2)9-5-4-6-17-12(9)20-13-18-10(14)7-11(15)19-13/h4-8,16H,3H2,1-2H3,(H4,14,15,18,19). The van der Waals surface area contributed by atoms with Gasteiger partial charge < -0.3 is 16.8 Å². The molecule has 0 spiro atoms. The van der Waals surface area contributed by atoms with Crippen LogP contribution in [0.15, 0.2) is 34.6 Å². The van der Waals surface area contributed by atoms with Crippen LogP contribution in [0, 0.1) is 0 Å². The zero-order valence-corrected chi connectivity index (χ0v) is 12.3. The van der Waals surface area contributed by atoms with Crippen LogP contribution in [0.25, 0.3) is 0 Å². The molecule has 0 amide bonds. The summed E-state index contributed by atoms with van der Waals surface area (Å²) in [5.41, 5.74) is 12.5. The highest BCUT2D eigenvalue weighted by atomic mass is 32.2. The van der Waals surface area contributed by atoms with Crippen molar-refractivity contribution in [2.45, 2.75) is 30.1 Å². The largest absolute Gasteiger partial charge is 0.383 e. The molecule has 6 nitrogen and oxygen atoms in total. The summed E-state index contributed by atoms with van der Waals surface area (Å²) in [6.45, 7) is 5.06. The zero-order valence-electron chi connectivity index (χ0n) is 11.5. The Morgan fingerprint density at radius 3 is 2.65 bits per heavy atom. The maximum atomic E-state index is 5.68. The van der Waals surface area contributed by atoms with Gasteiger partial charge in [-0.3, -0.25) is 0 Å². The lowest BCUT2D eigenvalue weighted by Gasteiger charge is -2.15. The molecule has 106 valence electrons. The number of aromatic nitrogens is 3. The van der Waals surface area contributed by atoms with Crippen molar-refractivity contribution in [1.82, 2.24) is 20.3 Å². The van der Waals surface area contributed by atoms with E-state index in [0.29, 0.717) is 16.8 Å². The Morgan fingerprint density at radius 2 is 2.00 bits per heavy atom. The quantitative estimate of drug-likeness (QED) is 0.722. The zero-order chi connectivity index (χ0) is 14.5. The van der Waals surface area contributed by atoms with E-state index in [1.807, 2.05) is 12.1 Å². The molecule has 2 rings (SSSR count). The summed E-state index contributed by atoms with van der Waals surface area (Å²) in [6, 6.07) is 5.69. The van der Waals surface area contributed by atoms with E-state index in [2.05, 4.69) is 34.1 Å². The van der Waals surface area contributed by atoms with Crippen molar-refractivity contribution < 1.29 is 0 Å². The fraction of sp³-hybridized carbons (Fsp3) is 0.308. The van der Waals surface area contributed by atoms with Gasteiger partial charge in [-0.2, -0.15) is 0 Å². The monoisotopic (exact) mass is 290 g/mol. The van der Waals surface area contributed by atoms with E-state index in [0.717, 1.165) is 17.1 Å². The van der Waals surface area contributed by atoms with E-state index in [1.54, 1.807) is 6.20 Å². The molecule has 7 heteroatoms. The summed E-state index contributed by atoms with van der Waals surface area (Å²) >= 11 is 1.36. The molecule has 20 heavy (non-hydrogen) atoms. The first-order valence-electron chi connectivity index (χ1n) is 6.36. The number of rotatable bonds is 5.